The van der Waals surface area contributed by atoms with Crippen LogP contribution in [0, 0.1) is 23.7 Å². The number of carboxylic acid groups (broad SMARTS) is 1. The summed E-state index contributed by atoms with van der Waals surface area (Å²) in [5.41, 5.74) is 1.48. The van der Waals surface area contributed by atoms with E-state index in [1.54, 1.807) is 6.92 Å². The number of aliphatic carboxylic acids is 1. The number of fused-ring (bicyclic) bond motifs is 3. The number of rotatable bonds is 5. The number of carboxylic acids is 1. The largest absolute Gasteiger partial charge is 0.481 e. The van der Waals surface area contributed by atoms with E-state index in [9.17, 15) is 19.5 Å². The van der Waals surface area contributed by atoms with Gasteiger partial charge in [-0.25, -0.2) is 4.79 Å². The summed E-state index contributed by atoms with van der Waals surface area (Å²) in [5.74, 6) is -3.04. The second-order valence-corrected chi connectivity index (χ2v) is 9.28. The van der Waals surface area contributed by atoms with Crippen LogP contribution >= 0.6 is 11.3 Å². The normalized spacial score (nSPS) is 27.8. The van der Waals surface area contributed by atoms with Crippen LogP contribution in [0.4, 0.5) is 5.00 Å². The summed E-state index contributed by atoms with van der Waals surface area (Å²) in [7, 11) is 0. The maximum Gasteiger partial charge on any atom is 0.341 e. The van der Waals surface area contributed by atoms with Crippen molar-refractivity contribution in [3.05, 3.63) is 28.2 Å². The minimum Gasteiger partial charge on any atom is -0.481 e. The first kappa shape index (κ1) is 20.1. The van der Waals surface area contributed by atoms with Crippen molar-refractivity contribution >= 4 is 34.2 Å². The van der Waals surface area contributed by atoms with Gasteiger partial charge in [0.25, 0.3) is 0 Å². The predicted molar refractivity (Wildman–Crippen MR) is 110 cm³/mol. The van der Waals surface area contributed by atoms with Crippen molar-refractivity contribution in [1.82, 2.24) is 0 Å². The molecule has 1 aromatic rings. The van der Waals surface area contributed by atoms with Crippen molar-refractivity contribution in [2.24, 2.45) is 23.7 Å². The zero-order valence-corrected chi connectivity index (χ0v) is 17.4. The van der Waals surface area contributed by atoms with Crippen molar-refractivity contribution in [3.63, 3.8) is 0 Å². The van der Waals surface area contributed by atoms with Crippen LogP contribution in [-0.4, -0.2) is 29.6 Å². The van der Waals surface area contributed by atoms with E-state index in [1.807, 2.05) is 12.2 Å². The SMILES string of the molecule is CCOC(=O)c1c(NC(=O)[C@H]2[C@@H](C(=O)O)[C@H]3C=C[C@@H]2C3)sc2c1CCCCCC2. The fraction of sp³-hybridized carbons (Fsp3) is 0.591. The molecule has 6 nitrogen and oxygen atoms in total. The molecule has 0 aliphatic heterocycles. The van der Waals surface area contributed by atoms with Crippen LogP contribution in [0.1, 0.15) is 59.8 Å². The molecule has 1 fully saturated rings. The van der Waals surface area contributed by atoms with Crippen molar-refractivity contribution in [2.45, 2.75) is 51.9 Å². The fourth-order valence-electron chi connectivity index (χ4n) is 5.14. The summed E-state index contributed by atoms with van der Waals surface area (Å²) in [6.07, 6.45) is 10.7. The van der Waals surface area contributed by atoms with E-state index in [0.29, 0.717) is 17.0 Å². The van der Waals surface area contributed by atoms with Crippen molar-refractivity contribution in [2.75, 3.05) is 11.9 Å². The quantitative estimate of drug-likeness (QED) is 0.557. The van der Waals surface area contributed by atoms with Gasteiger partial charge in [0.1, 0.15) is 5.00 Å². The van der Waals surface area contributed by atoms with Gasteiger partial charge in [-0.15, -0.1) is 11.3 Å². The second kappa shape index (κ2) is 8.30. The summed E-state index contributed by atoms with van der Waals surface area (Å²) in [5, 5.41) is 13.1. The van der Waals surface area contributed by atoms with Crippen LogP contribution in [0.25, 0.3) is 0 Å². The molecule has 1 aromatic heterocycles. The van der Waals surface area contributed by atoms with Gasteiger partial charge < -0.3 is 15.2 Å². The highest BCUT2D eigenvalue weighted by molar-refractivity contribution is 7.17. The van der Waals surface area contributed by atoms with Gasteiger partial charge in [-0.2, -0.15) is 0 Å². The summed E-state index contributed by atoms with van der Waals surface area (Å²) < 4.78 is 5.29. The summed E-state index contributed by atoms with van der Waals surface area (Å²) >= 11 is 1.46. The zero-order valence-electron chi connectivity index (χ0n) is 16.6. The number of carbonyl (C=O) groups excluding carboxylic acids is 2. The molecule has 1 amide bonds. The third kappa shape index (κ3) is 3.72. The van der Waals surface area contributed by atoms with Crippen LogP contribution in [0.2, 0.25) is 0 Å². The lowest BCUT2D eigenvalue weighted by Gasteiger charge is -2.23. The number of aryl methyl sites for hydroxylation is 1. The maximum atomic E-state index is 13.1. The van der Waals surface area contributed by atoms with Crippen molar-refractivity contribution < 1.29 is 24.2 Å². The molecule has 0 spiro atoms. The lowest BCUT2D eigenvalue weighted by molar-refractivity contribution is -0.146. The highest BCUT2D eigenvalue weighted by Crippen LogP contribution is 2.49. The third-order valence-electron chi connectivity index (χ3n) is 6.43. The second-order valence-electron chi connectivity index (χ2n) is 8.17. The highest BCUT2D eigenvalue weighted by atomic mass is 32.1. The van der Waals surface area contributed by atoms with Crippen molar-refractivity contribution in [1.29, 1.82) is 0 Å². The highest BCUT2D eigenvalue weighted by Gasteiger charge is 2.51. The van der Waals surface area contributed by atoms with E-state index in [-0.39, 0.29) is 24.3 Å². The summed E-state index contributed by atoms with van der Waals surface area (Å²) in [4.78, 5) is 38.8. The van der Waals surface area contributed by atoms with E-state index in [1.165, 1.54) is 17.8 Å². The van der Waals surface area contributed by atoms with Gasteiger partial charge in [0.05, 0.1) is 24.0 Å². The molecule has 4 rings (SSSR count). The lowest BCUT2D eigenvalue weighted by Crippen LogP contribution is -2.36. The molecule has 0 radical (unpaired) electrons. The number of carbonyl (C=O) groups is 3. The fourth-order valence-corrected chi connectivity index (χ4v) is 6.42. The van der Waals surface area contributed by atoms with Gasteiger partial charge in [0.2, 0.25) is 5.91 Å². The Labute approximate surface area is 174 Å². The van der Waals surface area contributed by atoms with Gasteiger partial charge in [-0.05, 0) is 56.4 Å². The molecular formula is C22H27NO5S. The lowest BCUT2D eigenvalue weighted by atomic mass is 9.82. The van der Waals surface area contributed by atoms with E-state index in [4.69, 9.17) is 4.74 Å². The Bertz CT molecular complexity index is 858. The van der Waals surface area contributed by atoms with Gasteiger partial charge in [0.15, 0.2) is 0 Å². The molecule has 3 aliphatic rings. The molecule has 0 saturated heterocycles. The van der Waals surface area contributed by atoms with Crippen LogP contribution in [0.15, 0.2) is 12.2 Å². The Morgan fingerprint density at radius 3 is 2.48 bits per heavy atom. The molecule has 7 heteroatoms. The first-order valence-corrected chi connectivity index (χ1v) is 11.4. The Kier molecular flexibility index (Phi) is 5.76. The molecular weight excluding hydrogens is 390 g/mol. The topological polar surface area (TPSA) is 92.7 Å². The zero-order chi connectivity index (χ0) is 20.5. The van der Waals surface area contributed by atoms with Gasteiger partial charge in [0, 0.05) is 4.88 Å². The van der Waals surface area contributed by atoms with Gasteiger partial charge in [-0.3, -0.25) is 9.59 Å². The molecule has 1 saturated carbocycles. The molecule has 4 atom stereocenters. The van der Waals surface area contributed by atoms with E-state index in [2.05, 4.69) is 5.32 Å². The Hall–Kier alpha value is -2.15. The number of hydrogen-bond donors (Lipinski definition) is 2. The van der Waals surface area contributed by atoms with Crippen LogP contribution in [0.5, 0.6) is 0 Å². The number of amides is 1. The van der Waals surface area contributed by atoms with Gasteiger partial charge in [-0.1, -0.05) is 25.0 Å². The van der Waals surface area contributed by atoms with Crippen LogP contribution in [-0.2, 0) is 27.2 Å². The number of ether oxygens (including phenoxy) is 1. The van der Waals surface area contributed by atoms with E-state index < -0.39 is 23.8 Å². The molecule has 29 heavy (non-hydrogen) atoms. The standard InChI is InChI=1S/C22H27NO5S/c1-2-28-22(27)18-14-7-5-3-4-6-8-15(14)29-20(18)23-19(24)16-12-9-10-13(11-12)17(16)21(25)26/h9-10,12-13,16-17H,2-8,11H2,1H3,(H,23,24)(H,25,26)/t12-,13+,16-,17+/m1/s1. The van der Waals surface area contributed by atoms with Crippen LogP contribution < -0.4 is 5.32 Å². The third-order valence-corrected chi connectivity index (χ3v) is 7.64. The summed E-state index contributed by atoms with van der Waals surface area (Å²) in [6.45, 7) is 2.04. The number of thiophene rings is 1. The average molecular weight is 418 g/mol. The molecule has 156 valence electrons. The number of allylic oxidation sites excluding steroid dienone is 2. The van der Waals surface area contributed by atoms with E-state index in [0.717, 1.165) is 42.5 Å². The Balaban J connectivity index is 1.64. The van der Waals surface area contributed by atoms with Gasteiger partial charge >= 0.3 is 11.9 Å². The Morgan fingerprint density at radius 1 is 1.10 bits per heavy atom. The van der Waals surface area contributed by atoms with Crippen LogP contribution in [0.3, 0.4) is 0 Å². The molecule has 0 aromatic carbocycles. The number of nitrogens with one attached hydrogen (secondary N) is 1. The average Bonchev–Trinajstić information content (AvgIpc) is 3.35. The first-order valence-electron chi connectivity index (χ1n) is 10.5. The molecule has 1 heterocycles. The number of esters is 1. The molecule has 2 bridgehead atoms. The maximum absolute atomic E-state index is 13.1. The molecule has 0 unspecified atom stereocenters. The molecule has 3 aliphatic carbocycles. The summed E-state index contributed by atoms with van der Waals surface area (Å²) in [6, 6.07) is 0. The Morgan fingerprint density at radius 2 is 1.79 bits per heavy atom. The first-order chi connectivity index (χ1) is 14.0. The predicted octanol–water partition coefficient (Wildman–Crippen LogP) is 4.05. The van der Waals surface area contributed by atoms with E-state index >= 15 is 0 Å². The smallest absolute Gasteiger partial charge is 0.341 e. The minimum atomic E-state index is -0.925. The molecule has 2 N–H and O–H groups in total. The minimum absolute atomic E-state index is 0.0480. The monoisotopic (exact) mass is 417 g/mol. The van der Waals surface area contributed by atoms with Crippen molar-refractivity contribution in [3.8, 4) is 0 Å². The number of hydrogen-bond acceptors (Lipinski definition) is 5. The number of anilines is 1.